The number of sulfonamides is 1. The van der Waals surface area contributed by atoms with Crippen molar-refractivity contribution < 1.29 is 12.8 Å². The molecule has 1 aromatic rings. The van der Waals surface area contributed by atoms with Crippen molar-refractivity contribution in [2.75, 3.05) is 0 Å². The molecule has 0 unspecified atom stereocenters. The highest BCUT2D eigenvalue weighted by Gasteiger charge is 2.12. The first-order valence-corrected chi connectivity index (χ1v) is 4.19. The van der Waals surface area contributed by atoms with Crippen molar-refractivity contribution in [1.82, 2.24) is 4.98 Å². The first kappa shape index (κ1) is 8.09. The maximum atomic E-state index is 12.6. The zero-order valence-corrected chi connectivity index (χ0v) is 6.18. The molecule has 1 rings (SSSR count). The van der Waals surface area contributed by atoms with E-state index in [1.54, 1.807) is 0 Å². The van der Waals surface area contributed by atoms with Gasteiger partial charge >= 0.3 is 0 Å². The van der Waals surface area contributed by atoms with E-state index in [1.807, 2.05) is 0 Å². The average Bonchev–Trinajstić information content (AvgIpc) is 1.86. The summed E-state index contributed by atoms with van der Waals surface area (Å²) in [6.07, 6.45) is 1.95. The van der Waals surface area contributed by atoms with Crippen molar-refractivity contribution in [2.45, 2.75) is 4.90 Å². The zero-order valence-electron chi connectivity index (χ0n) is 5.36. The fourth-order valence-electron chi connectivity index (χ4n) is 0.593. The van der Waals surface area contributed by atoms with Crippen molar-refractivity contribution >= 4 is 10.0 Å². The molecule has 0 spiro atoms. The molecule has 1 aromatic heterocycles. The lowest BCUT2D eigenvalue weighted by atomic mass is 10.5. The smallest absolute Gasteiger partial charge is 0.241 e. The predicted octanol–water partition coefficient (Wildman–Crippen LogP) is -0.132. The molecule has 2 N–H and O–H groups in total. The van der Waals surface area contributed by atoms with Gasteiger partial charge in [0.05, 0.1) is 6.20 Å². The predicted molar refractivity (Wildman–Crippen MR) is 35.6 cm³/mol. The number of hydrogen-bond donors (Lipinski definition) is 1. The molecule has 60 valence electrons. The van der Waals surface area contributed by atoms with Crippen LogP contribution in [0, 0.1) is 5.82 Å². The van der Waals surface area contributed by atoms with Gasteiger partial charge in [-0.25, -0.2) is 17.9 Å². The summed E-state index contributed by atoms with van der Waals surface area (Å²) in [6, 6.07) is 1.00. The molecule has 0 amide bonds. The van der Waals surface area contributed by atoms with Crippen LogP contribution in [0.4, 0.5) is 4.39 Å². The van der Waals surface area contributed by atoms with Crippen LogP contribution in [0.15, 0.2) is 23.4 Å². The molecular formula is C5H5FN2O2S. The van der Waals surface area contributed by atoms with Crippen molar-refractivity contribution in [1.29, 1.82) is 0 Å². The van der Waals surface area contributed by atoms with Crippen molar-refractivity contribution in [2.24, 2.45) is 5.14 Å². The molecule has 6 heteroatoms. The molecule has 0 bridgehead atoms. The summed E-state index contributed by atoms with van der Waals surface area (Å²) >= 11 is 0. The van der Waals surface area contributed by atoms with Gasteiger partial charge in [-0.15, -0.1) is 0 Å². The van der Waals surface area contributed by atoms with Crippen molar-refractivity contribution in [3.8, 4) is 0 Å². The summed E-state index contributed by atoms with van der Waals surface area (Å²) in [4.78, 5) is 2.83. The van der Waals surface area contributed by atoms with Crippen LogP contribution in [0.25, 0.3) is 0 Å². The summed E-state index contributed by atoms with van der Waals surface area (Å²) in [7, 11) is -3.95. The molecule has 0 saturated carbocycles. The molecule has 0 fully saturated rings. The van der Waals surface area contributed by atoms with E-state index in [0.29, 0.717) is 0 Å². The van der Waals surface area contributed by atoms with E-state index in [1.165, 1.54) is 0 Å². The number of primary sulfonamides is 1. The minimum absolute atomic E-state index is 0.535. The summed E-state index contributed by atoms with van der Waals surface area (Å²) in [5.41, 5.74) is 0. The first-order valence-electron chi connectivity index (χ1n) is 2.64. The number of hydrogen-bond acceptors (Lipinski definition) is 3. The minimum atomic E-state index is -3.95. The van der Waals surface area contributed by atoms with Crippen LogP contribution in [0.5, 0.6) is 0 Å². The number of halogens is 1. The number of aromatic nitrogens is 1. The Bertz CT molecular complexity index is 363. The van der Waals surface area contributed by atoms with Crippen LogP contribution in [-0.4, -0.2) is 13.4 Å². The van der Waals surface area contributed by atoms with E-state index >= 15 is 0 Å². The molecule has 0 aliphatic carbocycles. The zero-order chi connectivity index (χ0) is 8.48. The van der Waals surface area contributed by atoms with Gasteiger partial charge in [0.15, 0.2) is 5.82 Å². The van der Waals surface area contributed by atoms with Crippen molar-refractivity contribution in [3.05, 3.63) is 24.3 Å². The standard InChI is InChI=1S/C5H5FN2O2S/c6-4-3-8-2-1-5(4)11(7,9)10/h1-3H,(H2,7,9,10). The topological polar surface area (TPSA) is 73.1 Å². The van der Waals surface area contributed by atoms with Gasteiger partial charge in [-0.2, -0.15) is 0 Å². The van der Waals surface area contributed by atoms with E-state index in [9.17, 15) is 12.8 Å². The number of nitrogens with zero attached hydrogens (tertiary/aromatic N) is 1. The van der Waals surface area contributed by atoms with Crippen LogP contribution in [-0.2, 0) is 10.0 Å². The molecular weight excluding hydrogens is 171 g/mol. The molecule has 4 nitrogen and oxygen atoms in total. The monoisotopic (exact) mass is 176 g/mol. The molecule has 0 radical (unpaired) electrons. The molecule has 0 atom stereocenters. The van der Waals surface area contributed by atoms with Gasteiger partial charge in [0, 0.05) is 6.20 Å². The Morgan fingerprint density at radius 1 is 1.55 bits per heavy atom. The maximum absolute atomic E-state index is 12.6. The van der Waals surface area contributed by atoms with Crippen LogP contribution in [0.1, 0.15) is 0 Å². The van der Waals surface area contributed by atoms with Crippen LogP contribution < -0.4 is 5.14 Å². The highest BCUT2D eigenvalue weighted by atomic mass is 32.2. The Labute approximate surface area is 62.9 Å². The molecule has 0 saturated heterocycles. The van der Waals surface area contributed by atoms with Gasteiger partial charge in [0.2, 0.25) is 10.0 Å². The Hall–Kier alpha value is -1.01. The number of rotatable bonds is 1. The van der Waals surface area contributed by atoms with Crippen LogP contribution in [0.3, 0.4) is 0 Å². The second kappa shape index (κ2) is 2.55. The number of nitrogens with two attached hydrogens (primary N) is 1. The Kier molecular flexibility index (Phi) is 1.88. The van der Waals surface area contributed by atoms with Crippen LogP contribution >= 0.6 is 0 Å². The van der Waals surface area contributed by atoms with Gasteiger partial charge in [-0.3, -0.25) is 4.98 Å². The van der Waals surface area contributed by atoms with Gasteiger partial charge in [-0.05, 0) is 6.07 Å². The summed E-state index contributed by atoms with van der Waals surface area (Å²) in [6.45, 7) is 0. The minimum Gasteiger partial charge on any atom is -0.262 e. The number of pyridine rings is 1. The highest BCUT2D eigenvalue weighted by Crippen LogP contribution is 2.08. The van der Waals surface area contributed by atoms with Gasteiger partial charge < -0.3 is 0 Å². The van der Waals surface area contributed by atoms with Crippen molar-refractivity contribution in [3.63, 3.8) is 0 Å². The maximum Gasteiger partial charge on any atom is 0.241 e. The SMILES string of the molecule is NS(=O)(=O)c1ccncc1F. The lowest BCUT2D eigenvalue weighted by Crippen LogP contribution is -2.13. The molecule has 0 aromatic carbocycles. The largest absolute Gasteiger partial charge is 0.262 e. The van der Waals surface area contributed by atoms with E-state index in [4.69, 9.17) is 0 Å². The third-order valence-electron chi connectivity index (χ3n) is 1.04. The molecule has 1 heterocycles. The Balaban J connectivity index is 3.37. The second-order valence-corrected chi connectivity index (χ2v) is 3.38. The van der Waals surface area contributed by atoms with Crippen LogP contribution in [0.2, 0.25) is 0 Å². The quantitative estimate of drug-likeness (QED) is 0.647. The highest BCUT2D eigenvalue weighted by molar-refractivity contribution is 7.89. The van der Waals surface area contributed by atoms with E-state index < -0.39 is 20.7 Å². The fraction of sp³-hybridized carbons (Fsp3) is 0. The van der Waals surface area contributed by atoms with E-state index in [-0.39, 0.29) is 0 Å². The summed E-state index contributed by atoms with van der Waals surface area (Å²) < 4.78 is 33.7. The average molecular weight is 176 g/mol. The lowest BCUT2D eigenvalue weighted by Gasteiger charge is -1.96. The lowest BCUT2D eigenvalue weighted by molar-refractivity contribution is 0.564. The third-order valence-corrected chi connectivity index (χ3v) is 1.99. The molecule has 11 heavy (non-hydrogen) atoms. The van der Waals surface area contributed by atoms with Gasteiger partial charge in [0.25, 0.3) is 0 Å². The molecule has 0 aliphatic heterocycles. The first-order chi connectivity index (χ1) is 5.02. The Morgan fingerprint density at radius 2 is 2.18 bits per heavy atom. The second-order valence-electron chi connectivity index (χ2n) is 1.85. The third kappa shape index (κ3) is 1.72. The summed E-state index contributed by atoms with van der Waals surface area (Å²) in [5.74, 6) is -0.935. The fourth-order valence-corrected chi connectivity index (χ4v) is 1.17. The van der Waals surface area contributed by atoms with Gasteiger partial charge in [0.1, 0.15) is 4.90 Å². The van der Waals surface area contributed by atoms with E-state index in [0.717, 1.165) is 18.5 Å². The Morgan fingerprint density at radius 3 is 2.55 bits per heavy atom. The van der Waals surface area contributed by atoms with Gasteiger partial charge in [-0.1, -0.05) is 0 Å². The molecule has 0 aliphatic rings. The van der Waals surface area contributed by atoms with E-state index in [2.05, 4.69) is 10.1 Å². The normalized spacial score (nSPS) is 11.5. The summed E-state index contributed by atoms with van der Waals surface area (Å²) in [5, 5.41) is 4.66.